The van der Waals surface area contributed by atoms with E-state index in [1.807, 2.05) is 6.92 Å². The van der Waals surface area contributed by atoms with Crippen molar-refractivity contribution in [2.75, 3.05) is 11.4 Å². The second-order valence-corrected chi connectivity index (χ2v) is 3.90. The summed E-state index contributed by atoms with van der Waals surface area (Å²) in [5.41, 5.74) is 0.500. The van der Waals surface area contributed by atoms with Crippen molar-refractivity contribution >= 4 is 17.5 Å². The average Bonchev–Trinajstić information content (AvgIpc) is 2.42. The standard InChI is InChI=1S/C14H13FN2O2/c1-2-17(12-6-4-3-5-11(12)15)13-9-10(14(18)19)7-8-16-13/h3-9H,2H2,1H3,(H,18,19). The van der Waals surface area contributed by atoms with E-state index >= 15 is 0 Å². The van der Waals surface area contributed by atoms with Crippen molar-refractivity contribution in [3.63, 3.8) is 0 Å². The molecule has 5 heteroatoms. The maximum Gasteiger partial charge on any atom is 0.335 e. The molecule has 1 heterocycles. The molecule has 2 aromatic rings. The van der Waals surface area contributed by atoms with Crippen LogP contribution in [0, 0.1) is 5.82 Å². The van der Waals surface area contributed by atoms with Gasteiger partial charge in [-0.3, -0.25) is 0 Å². The highest BCUT2D eigenvalue weighted by atomic mass is 19.1. The van der Waals surface area contributed by atoms with E-state index in [9.17, 15) is 9.18 Å². The van der Waals surface area contributed by atoms with E-state index in [4.69, 9.17) is 5.11 Å². The number of anilines is 2. The zero-order valence-corrected chi connectivity index (χ0v) is 10.4. The van der Waals surface area contributed by atoms with Gasteiger partial charge in [-0.15, -0.1) is 0 Å². The lowest BCUT2D eigenvalue weighted by Crippen LogP contribution is -2.19. The second kappa shape index (κ2) is 5.48. The Hall–Kier alpha value is -2.43. The lowest BCUT2D eigenvalue weighted by Gasteiger charge is -2.22. The monoisotopic (exact) mass is 260 g/mol. The van der Waals surface area contributed by atoms with Crippen LogP contribution in [0.15, 0.2) is 42.6 Å². The third-order valence-electron chi connectivity index (χ3n) is 2.73. The largest absolute Gasteiger partial charge is 0.478 e. The molecule has 1 aromatic carbocycles. The molecule has 0 aliphatic rings. The van der Waals surface area contributed by atoms with Crippen LogP contribution < -0.4 is 4.90 Å². The normalized spacial score (nSPS) is 10.2. The third-order valence-corrected chi connectivity index (χ3v) is 2.73. The molecule has 0 atom stereocenters. The number of halogens is 1. The number of benzene rings is 1. The molecule has 0 bridgehead atoms. The van der Waals surface area contributed by atoms with Gasteiger partial charge in [0, 0.05) is 12.7 Å². The molecule has 0 aliphatic carbocycles. The van der Waals surface area contributed by atoms with Gasteiger partial charge in [0.25, 0.3) is 0 Å². The van der Waals surface area contributed by atoms with Crippen molar-refractivity contribution in [1.29, 1.82) is 0 Å². The minimum Gasteiger partial charge on any atom is -0.478 e. The van der Waals surface area contributed by atoms with Crippen LogP contribution in [-0.2, 0) is 0 Å². The fraction of sp³-hybridized carbons (Fsp3) is 0.143. The summed E-state index contributed by atoms with van der Waals surface area (Å²) in [5, 5.41) is 8.97. The summed E-state index contributed by atoms with van der Waals surface area (Å²) in [6.45, 7) is 2.33. The molecule has 0 saturated heterocycles. The molecule has 1 N–H and O–H groups in total. The van der Waals surface area contributed by atoms with E-state index in [0.29, 0.717) is 18.1 Å². The van der Waals surface area contributed by atoms with E-state index in [2.05, 4.69) is 4.98 Å². The van der Waals surface area contributed by atoms with E-state index in [-0.39, 0.29) is 11.4 Å². The molecular weight excluding hydrogens is 247 g/mol. The molecule has 0 spiro atoms. The summed E-state index contributed by atoms with van der Waals surface area (Å²) in [6, 6.07) is 9.15. The number of hydrogen-bond acceptors (Lipinski definition) is 3. The van der Waals surface area contributed by atoms with Crippen LogP contribution in [0.5, 0.6) is 0 Å². The van der Waals surface area contributed by atoms with E-state index < -0.39 is 5.97 Å². The van der Waals surface area contributed by atoms with Crippen LogP contribution in [0.3, 0.4) is 0 Å². The first-order chi connectivity index (χ1) is 9.13. The van der Waals surface area contributed by atoms with Gasteiger partial charge in [-0.05, 0) is 31.2 Å². The number of rotatable bonds is 4. The topological polar surface area (TPSA) is 53.4 Å². The molecule has 0 radical (unpaired) electrons. The maximum absolute atomic E-state index is 13.8. The number of pyridine rings is 1. The Morgan fingerprint density at radius 1 is 1.37 bits per heavy atom. The van der Waals surface area contributed by atoms with Gasteiger partial charge in [-0.25, -0.2) is 14.2 Å². The number of hydrogen-bond donors (Lipinski definition) is 1. The Kier molecular flexibility index (Phi) is 3.75. The Labute approximate surface area is 110 Å². The number of carboxylic acid groups (broad SMARTS) is 1. The molecular formula is C14H13FN2O2. The Balaban J connectivity index is 2.45. The van der Waals surface area contributed by atoms with Crippen molar-refractivity contribution in [2.45, 2.75) is 6.92 Å². The Morgan fingerprint density at radius 2 is 2.11 bits per heavy atom. The van der Waals surface area contributed by atoms with Gasteiger partial charge in [0.1, 0.15) is 11.6 Å². The summed E-state index contributed by atoms with van der Waals surface area (Å²) in [4.78, 5) is 16.7. The van der Waals surface area contributed by atoms with Gasteiger partial charge in [-0.2, -0.15) is 0 Å². The van der Waals surface area contributed by atoms with Crippen LogP contribution in [0.25, 0.3) is 0 Å². The fourth-order valence-electron chi connectivity index (χ4n) is 1.83. The lowest BCUT2D eigenvalue weighted by atomic mass is 10.2. The molecule has 0 saturated carbocycles. The number of aromatic nitrogens is 1. The molecule has 2 rings (SSSR count). The quantitative estimate of drug-likeness (QED) is 0.917. The number of carboxylic acids is 1. The predicted octanol–water partition coefficient (Wildman–Crippen LogP) is 3.08. The average molecular weight is 260 g/mol. The Bertz CT molecular complexity index is 602. The van der Waals surface area contributed by atoms with Crippen LogP contribution in [0.2, 0.25) is 0 Å². The molecule has 0 amide bonds. The third kappa shape index (κ3) is 2.70. The minimum absolute atomic E-state index is 0.125. The summed E-state index contributed by atoms with van der Waals surface area (Å²) in [7, 11) is 0. The maximum atomic E-state index is 13.8. The van der Waals surface area contributed by atoms with Crippen LogP contribution >= 0.6 is 0 Å². The molecule has 1 aromatic heterocycles. The predicted molar refractivity (Wildman–Crippen MR) is 70.3 cm³/mol. The van der Waals surface area contributed by atoms with Crippen molar-refractivity contribution < 1.29 is 14.3 Å². The second-order valence-electron chi connectivity index (χ2n) is 3.90. The Morgan fingerprint density at radius 3 is 2.74 bits per heavy atom. The van der Waals surface area contributed by atoms with Crippen molar-refractivity contribution in [3.05, 3.63) is 54.0 Å². The molecule has 98 valence electrons. The molecule has 4 nitrogen and oxygen atoms in total. The summed E-state index contributed by atoms with van der Waals surface area (Å²) < 4.78 is 13.8. The van der Waals surface area contributed by atoms with Gasteiger partial charge in [0.2, 0.25) is 0 Å². The highest BCUT2D eigenvalue weighted by molar-refractivity contribution is 5.88. The first kappa shape index (κ1) is 13.0. The molecule has 0 fully saturated rings. The molecule has 0 unspecified atom stereocenters. The summed E-state index contributed by atoms with van der Waals surface area (Å²) in [6.07, 6.45) is 1.41. The number of carbonyl (C=O) groups is 1. The zero-order chi connectivity index (χ0) is 13.8. The van der Waals surface area contributed by atoms with Gasteiger partial charge in [0.05, 0.1) is 11.3 Å². The van der Waals surface area contributed by atoms with Crippen LogP contribution in [-0.4, -0.2) is 22.6 Å². The smallest absolute Gasteiger partial charge is 0.335 e. The number of nitrogens with zero attached hydrogens (tertiary/aromatic N) is 2. The van der Waals surface area contributed by atoms with Crippen molar-refractivity contribution in [1.82, 2.24) is 4.98 Å². The van der Waals surface area contributed by atoms with E-state index in [0.717, 1.165) is 0 Å². The number of aromatic carboxylic acids is 1. The summed E-state index contributed by atoms with van der Waals surface area (Å²) >= 11 is 0. The summed E-state index contributed by atoms with van der Waals surface area (Å²) in [5.74, 6) is -0.993. The van der Waals surface area contributed by atoms with Gasteiger partial charge in [0.15, 0.2) is 0 Å². The first-order valence-corrected chi connectivity index (χ1v) is 5.85. The first-order valence-electron chi connectivity index (χ1n) is 5.85. The van der Waals surface area contributed by atoms with Crippen LogP contribution in [0.4, 0.5) is 15.9 Å². The SMILES string of the molecule is CCN(c1cc(C(=O)O)ccn1)c1ccccc1F. The molecule has 0 aliphatic heterocycles. The van der Waals surface area contributed by atoms with Crippen molar-refractivity contribution in [3.8, 4) is 0 Å². The zero-order valence-electron chi connectivity index (χ0n) is 10.4. The van der Waals surface area contributed by atoms with Crippen LogP contribution in [0.1, 0.15) is 17.3 Å². The highest BCUT2D eigenvalue weighted by Crippen LogP contribution is 2.26. The van der Waals surface area contributed by atoms with E-state index in [1.165, 1.54) is 24.4 Å². The highest BCUT2D eigenvalue weighted by Gasteiger charge is 2.14. The van der Waals surface area contributed by atoms with Gasteiger partial charge in [-0.1, -0.05) is 12.1 Å². The van der Waals surface area contributed by atoms with Crippen molar-refractivity contribution in [2.24, 2.45) is 0 Å². The van der Waals surface area contributed by atoms with Gasteiger partial charge >= 0.3 is 5.97 Å². The fourth-order valence-corrected chi connectivity index (χ4v) is 1.83. The molecule has 19 heavy (non-hydrogen) atoms. The van der Waals surface area contributed by atoms with E-state index in [1.54, 1.807) is 23.1 Å². The van der Waals surface area contributed by atoms with Gasteiger partial charge < -0.3 is 10.0 Å². The number of para-hydroxylation sites is 1. The minimum atomic E-state index is -1.03. The lowest BCUT2D eigenvalue weighted by molar-refractivity contribution is 0.0697.